The van der Waals surface area contributed by atoms with Gasteiger partial charge in [0.05, 0.1) is 5.69 Å². The summed E-state index contributed by atoms with van der Waals surface area (Å²) in [6, 6.07) is -0.0927. The van der Waals surface area contributed by atoms with Crippen LogP contribution in [0.3, 0.4) is 0 Å². The van der Waals surface area contributed by atoms with E-state index in [4.69, 9.17) is 0 Å². The molecule has 0 aliphatic heterocycles. The molecule has 2 amide bonds. The molecule has 1 aromatic heterocycles. The molecule has 1 aliphatic carbocycles. The van der Waals surface area contributed by atoms with Crippen molar-refractivity contribution in [3.8, 4) is 0 Å². The summed E-state index contributed by atoms with van der Waals surface area (Å²) in [5.41, 5.74) is 1.10. The fraction of sp³-hybridized carbons (Fsp3) is 0.571. The minimum Gasteiger partial charge on any atom is -0.344 e. The van der Waals surface area contributed by atoms with E-state index in [1.807, 2.05) is 13.8 Å². The third-order valence-electron chi connectivity index (χ3n) is 7.05. The molecule has 0 radical (unpaired) electrons. The topological polar surface area (TPSA) is 83.1 Å². The molecule has 2 atom stereocenters. The zero-order valence-corrected chi connectivity index (χ0v) is 27.2. The van der Waals surface area contributed by atoms with Crippen molar-refractivity contribution in [1.82, 2.24) is 15.6 Å². The second-order valence-electron chi connectivity index (χ2n) is 11.2. The van der Waals surface area contributed by atoms with Crippen LogP contribution in [-0.2, 0) is 22.4 Å². The number of carbonyl (C=O) groups is 2. The largest absolute Gasteiger partial charge is 0.344 e. The molecular formula is C35H54N4O2S. The van der Waals surface area contributed by atoms with Gasteiger partial charge in [-0.25, -0.2) is 4.98 Å². The molecule has 1 aliphatic rings. The minimum atomic E-state index is -0.578. The van der Waals surface area contributed by atoms with Crippen LogP contribution < -0.4 is 16.0 Å². The molecule has 1 aromatic rings. The number of nitrogens with zero attached hydrogens (tertiary/aromatic N) is 1. The van der Waals surface area contributed by atoms with Crippen LogP contribution in [0.2, 0.25) is 0 Å². The number of aromatic nitrogens is 1. The molecule has 1 heterocycles. The second-order valence-corrected chi connectivity index (χ2v) is 12.2. The fourth-order valence-electron chi connectivity index (χ4n) is 4.66. The van der Waals surface area contributed by atoms with Gasteiger partial charge in [-0.05, 0) is 83.1 Å². The van der Waals surface area contributed by atoms with Gasteiger partial charge in [-0.1, -0.05) is 88.5 Å². The van der Waals surface area contributed by atoms with E-state index in [1.54, 1.807) is 11.3 Å². The molecule has 3 N–H and O–H groups in total. The van der Waals surface area contributed by atoms with Gasteiger partial charge in [0, 0.05) is 17.3 Å². The number of allylic oxidation sites excluding steroid dienone is 10. The summed E-state index contributed by atoms with van der Waals surface area (Å²) < 4.78 is 0. The van der Waals surface area contributed by atoms with Gasteiger partial charge in [-0.3, -0.25) is 9.59 Å². The van der Waals surface area contributed by atoms with Gasteiger partial charge in [0.2, 0.25) is 11.8 Å². The van der Waals surface area contributed by atoms with Crippen molar-refractivity contribution in [3.63, 3.8) is 0 Å². The van der Waals surface area contributed by atoms with Crippen molar-refractivity contribution in [2.75, 3.05) is 11.9 Å². The van der Waals surface area contributed by atoms with Crippen LogP contribution in [0.5, 0.6) is 0 Å². The average Bonchev–Trinajstić information content (AvgIpc) is 3.37. The summed E-state index contributed by atoms with van der Waals surface area (Å²) >= 11 is 1.57. The summed E-state index contributed by atoms with van der Waals surface area (Å²) in [7, 11) is 0. The van der Waals surface area contributed by atoms with Gasteiger partial charge >= 0.3 is 0 Å². The van der Waals surface area contributed by atoms with Crippen LogP contribution >= 0.6 is 11.3 Å². The fourth-order valence-corrected chi connectivity index (χ4v) is 5.75. The summed E-state index contributed by atoms with van der Waals surface area (Å²) in [6.45, 7) is 9.27. The van der Waals surface area contributed by atoms with Crippen molar-refractivity contribution >= 4 is 28.3 Å². The lowest BCUT2D eigenvalue weighted by molar-refractivity contribution is -0.127. The molecular weight excluding hydrogens is 540 g/mol. The summed E-state index contributed by atoms with van der Waals surface area (Å²) in [6.07, 6.45) is 32.9. The van der Waals surface area contributed by atoms with Crippen molar-refractivity contribution in [2.45, 2.75) is 117 Å². The van der Waals surface area contributed by atoms with E-state index < -0.39 is 6.04 Å². The van der Waals surface area contributed by atoms with E-state index in [-0.39, 0.29) is 17.7 Å². The molecule has 42 heavy (non-hydrogen) atoms. The predicted octanol–water partition coefficient (Wildman–Crippen LogP) is 8.00. The Morgan fingerprint density at radius 3 is 2.14 bits per heavy atom. The first kappa shape index (κ1) is 35.4. The lowest BCUT2D eigenvalue weighted by Gasteiger charge is -2.21. The lowest BCUT2D eigenvalue weighted by Crippen LogP contribution is -2.47. The Bertz CT molecular complexity index is 1070. The highest BCUT2D eigenvalue weighted by Gasteiger charge is 2.27. The van der Waals surface area contributed by atoms with E-state index >= 15 is 0 Å². The monoisotopic (exact) mass is 594 g/mol. The molecule has 7 heteroatoms. The molecule has 0 saturated carbocycles. The van der Waals surface area contributed by atoms with Gasteiger partial charge in [0.25, 0.3) is 0 Å². The number of rotatable bonds is 20. The molecule has 0 bridgehead atoms. The highest BCUT2D eigenvalue weighted by Crippen LogP contribution is 2.30. The standard InChI is InChI=1S/C35H54N4O2S/c1-5-7-8-9-10-11-12-13-14-15-16-17-18-19-20-21-22-23-32(40)38-33(28(3)4)34(41)39-35-37-30-25-24-29(36-26-6-2)27-31(30)42-35/h7-8,10-11,13-14,16-17,19-20,28-29,33,36H,5-6,9,12,15,18,21-27H2,1-4H3,(H,38,40)(H,37,39,41)/b8-7-,11-10-,14-13-,17-16-,20-19-/t29-,33+/m1/s1. The zero-order chi connectivity index (χ0) is 30.4. The van der Waals surface area contributed by atoms with E-state index in [1.165, 1.54) is 4.88 Å². The smallest absolute Gasteiger partial charge is 0.248 e. The molecule has 2 rings (SSSR count). The highest BCUT2D eigenvalue weighted by atomic mass is 32.1. The molecule has 0 spiro atoms. The molecule has 0 fully saturated rings. The molecule has 0 unspecified atom stereocenters. The van der Waals surface area contributed by atoms with Crippen LogP contribution in [0.1, 0.15) is 102 Å². The highest BCUT2D eigenvalue weighted by molar-refractivity contribution is 7.15. The quantitative estimate of drug-likeness (QED) is 0.106. The Morgan fingerprint density at radius 1 is 0.929 bits per heavy atom. The number of fused-ring (bicyclic) bond motifs is 1. The Labute approximate surface area is 258 Å². The number of nitrogens with one attached hydrogen (secondary N) is 3. The molecule has 6 nitrogen and oxygen atoms in total. The summed E-state index contributed by atoms with van der Waals surface area (Å²) in [4.78, 5) is 31.6. The normalized spacial score (nSPS) is 16.5. The van der Waals surface area contributed by atoms with Crippen molar-refractivity contribution in [2.24, 2.45) is 5.92 Å². The van der Waals surface area contributed by atoms with Crippen LogP contribution in [-0.4, -0.2) is 35.4 Å². The first-order valence-electron chi connectivity index (χ1n) is 16.0. The first-order chi connectivity index (χ1) is 20.4. The molecule has 0 aromatic carbocycles. The number of thiazole rings is 1. The lowest BCUT2D eigenvalue weighted by atomic mass is 9.98. The maximum atomic E-state index is 13.0. The van der Waals surface area contributed by atoms with Crippen molar-refractivity contribution in [3.05, 3.63) is 71.3 Å². The Hall–Kier alpha value is -2.77. The van der Waals surface area contributed by atoms with Gasteiger partial charge in [-0.2, -0.15) is 0 Å². The van der Waals surface area contributed by atoms with Crippen LogP contribution in [0.15, 0.2) is 60.8 Å². The second kappa shape index (κ2) is 21.9. The number of hydrogen-bond donors (Lipinski definition) is 3. The van der Waals surface area contributed by atoms with Gasteiger partial charge in [0.15, 0.2) is 5.13 Å². The van der Waals surface area contributed by atoms with Gasteiger partial charge < -0.3 is 16.0 Å². The number of anilines is 1. The first-order valence-corrected chi connectivity index (χ1v) is 16.8. The third kappa shape index (κ3) is 14.9. The van der Waals surface area contributed by atoms with Crippen LogP contribution in [0.4, 0.5) is 5.13 Å². The zero-order valence-electron chi connectivity index (χ0n) is 26.4. The van der Waals surface area contributed by atoms with E-state index in [9.17, 15) is 9.59 Å². The van der Waals surface area contributed by atoms with Crippen LogP contribution in [0.25, 0.3) is 0 Å². The van der Waals surface area contributed by atoms with E-state index in [0.29, 0.717) is 17.6 Å². The van der Waals surface area contributed by atoms with Crippen molar-refractivity contribution in [1.29, 1.82) is 0 Å². The predicted molar refractivity (Wildman–Crippen MR) is 180 cm³/mol. The average molecular weight is 595 g/mol. The Balaban J connectivity index is 1.63. The van der Waals surface area contributed by atoms with E-state index in [0.717, 1.165) is 82.9 Å². The van der Waals surface area contributed by atoms with Gasteiger partial charge in [0.1, 0.15) is 6.04 Å². The van der Waals surface area contributed by atoms with Crippen molar-refractivity contribution < 1.29 is 9.59 Å². The summed E-state index contributed by atoms with van der Waals surface area (Å²) in [5, 5.41) is 10.2. The number of unbranched alkanes of at least 4 members (excludes halogenated alkanes) is 1. The Morgan fingerprint density at radius 2 is 1.55 bits per heavy atom. The number of carbonyl (C=O) groups excluding carboxylic acids is 2. The molecule has 232 valence electrons. The van der Waals surface area contributed by atoms with E-state index in [2.05, 4.69) is 95.5 Å². The summed E-state index contributed by atoms with van der Waals surface area (Å²) in [5.74, 6) is -0.292. The Kier molecular flexibility index (Phi) is 18.4. The number of aryl methyl sites for hydroxylation is 1. The maximum Gasteiger partial charge on any atom is 0.248 e. The van der Waals surface area contributed by atoms with Crippen LogP contribution in [0, 0.1) is 5.92 Å². The minimum absolute atomic E-state index is 0.0165. The third-order valence-corrected chi connectivity index (χ3v) is 8.09. The molecule has 0 saturated heterocycles. The van der Waals surface area contributed by atoms with Gasteiger partial charge in [-0.15, -0.1) is 11.3 Å². The number of hydrogen-bond acceptors (Lipinski definition) is 5. The maximum absolute atomic E-state index is 13.0. The number of amides is 2. The SMILES string of the molecule is CC/C=C\C/C=C\C/C=C\C/C=C\C/C=C\CCCC(=O)N[C@H](C(=O)Nc1nc2c(s1)C[C@H](NCCC)CC2)C(C)C.